The minimum atomic E-state index is -0.426. The third kappa shape index (κ3) is 4.11. The normalized spacial score (nSPS) is 10.8. The number of para-hydroxylation sites is 1. The van der Waals surface area contributed by atoms with Gasteiger partial charge in [0.05, 0.1) is 17.3 Å². The molecule has 146 valence electrons. The standard InChI is InChI=1S/C19H17N7O2S/c1-26-11-21-25-19(26)29-10-12-5-7-13(8-6-12)17(27)23-24-18(28)15-4-2-3-14-9-20-22-16(14)15/h2-9,11H,10H2,1H3,(H,20,22)(H,23,27)(H,24,28). The monoisotopic (exact) mass is 407 g/mol. The fraction of sp³-hybridized carbons (Fsp3) is 0.105. The number of thioether (sulfide) groups is 1. The van der Waals surface area contributed by atoms with Crippen molar-refractivity contribution in [2.75, 3.05) is 0 Å². The number of fused-ring (bicyclic) bond motifs is 1. The van der Waals surface area contributed by atoms with Gasteiger partial charge in [0.2, 0.25) is 0 Å². The molecule has 0 unspecified atom stereocenters. The van der Waals surface area contributed by atoms with Crippen LogP contribution < -0.4 is 10.9 Å². The number of amides is 2. The van der Waals surface area contributed by atoms with Crippen LogP contribution in [0.4, 0.5) is 0 Å². The van der Waals surface area contributed by atoms with Crippen LogP contribution in [0.2, 0.25) is 0 Å². The zero-order chi connectivity index (χ0) is 20.2. The number of aromatic nitrogens is 5. The molecule has 2 aromatic heterocycles. The summed E-state index contributed by atoms with van der Waals surface area (Å²) in [6, 6.07) is 12.4. The van der Waals surface area contributed by atoms with E-state index < -0.39 is 11.8 Å². The molecule has 0 aliphatic heterocycles. The van der Waals surface area contributed by atoms with Crippen LogP contribution in [0.1, 0.15) is 26.3 Å². The molecule has 4 rings (SSSR count). The molecule has 0 aliphatic carbocycles. The van der Waals surface area contributed by atoms with Crippen molar-refractivity contribution in [3.63, 3.8) is 0 Å². The first-order chi connectivity index (χ1) is 14.1. The number of aryl methyl sites for hydroxylation is 1. The van der Waals surface area contributed by atoms with Crippen LogP contribution in [0.5, 0.6) is 0 Å². The van der Waals surface area contributed by atoms with Crippen LogP contribution in [-0.4, -0.2) is 36.8 Å². The average Bonchev–Trinajstić information content (AvgIpc) is 3.39. The van der Waals surface area contributed by atoms with Crippen molar-refractivity contribution in [3.8, 4) is 0 Å². The lowest BCUT2D eigenvalue weighted by Crippen LogP contribution is -2.41. The van der Waals surface area contributed by atoms with Gasteiger partial charge in [-0.2, -0.15) is 5.10 Å². The molecular formula is C19H17N7O2S. The number of carbonyl (C=O) groups excluding carboxylic acids is 2. The lowest BCUT2D eigenvalue weighted by molar-refractivity contribution is 0.0847. The van der Waals surface area contributed by atoms with Gasteiger partial charge in [-0.05, 0) is 23.8 Å². The highest BCUT2D eigenvalue weighted by Crippen LogP contribution is 2.20. The van der Waals surface area contributed by atoms with Gasteiger partial charge in [0.1, 0.15) is 6.33 Å². The molecule has 2 amide bonds. The number of nitrogens with one attached hydrogen (secondary N) is 3. The van der Waals surface area contributed by atoms with E-state index in [0.717, 1.165) is 16.1 Å². The van der Waals surface area contributed by atoms with E-state index in [1.54, 1.807) is 48.6 Å². The number of hydrazine groups is 1. The second kappa shape index (κ2) is 8.15. The van der Waals surface area contributed by atoms with Gasteiger partial charge in [0.15, 0.2) is 5.16 Å². The first-order valence-electron chi connectivity index (χ1n) is 8.70. The zero-order valence-electron chi connectivity index (χ0n) is 15.4. The summed E-state index contributed by atoms with van der Waals surface area (Å²) in [7, 11) is 1.89. The first-order valence-corrected chi connectivity index (χ1v) is 9.69. The second-order valence-electron chi connectivity index (χ2n) is 6.26. The van der Waals surface area contributed by atoms with Crippen LogP contribution in [0, 0.1) is 0 Å². The summed E-state index contributed by atoms with van der Waals surface area (Å²) in [5.74, 6) is -0.119. The Morgan fingerprint density at radius 1 is 1.10 bits per heavy atom. The summed E-state index contributed by atoms with van der Waals surface area (Å²) in [6.45, 7) is 0. The van der Waals surface area contributed by atoms with Crippen LogP contribution in [0.25, 0.3) is 10.9 Å². The summed E-state index contributed by atoms with van der Waals surface area (Å²) < 4.78 is 1.85. The molecule has 0 atom stereocenters. The molecule has 4 aromatic rings. The van der Waals surface area contributed by atoms with Gasteiger partial charge in [-0.15, -0.1) is 10.2 Å². The molecule has 2 aromatic carbocycles. The molecule has 29 heavy (non-hydrogen) atoms. The highest BCUT2D eigenvalue weighted by atomic mass is 32.2. The second-order valence-corrected chi connectivity index (χ2v) is 7.20. The number of nitrogens with zero attached hydrogens (tertiary/aromatic N) is 4. The van der Waals surface area contributed by atoms with E-state index in [2.05, 4.69) is 31.2 Å². The predicted octanol–water partition coefficient (Wildman–Crippen LogP) is 2.06. The highest BCUT2D eigenvalue weighted by molar-refractivity contribution is 7.98. The van der Waals surface area contributed by atoms with Crippen molar-refractivity contribution >= 4 is 34.5 Å². The van der Waals surface area contributed by atoms with Crippen LogP contribution >= 0.6 is 11.8 Å². The summed E-state index contributed by atoms with van der Waals surface area (Å²) in [4.78, 5) is 24.7. The fourth-order valence-corrected chi connectivity index (χ4v) is 3.56. The van der Waals surface area contributed by atoms with Crippen molar-refractivity contribution in [1.29, 1.82) is 0 Å². The Kier molecular flexibility index (Phi) is 5.25. The van der Waals surface area contributed by atoms with Gasteiger partial charge in [0, 0.05) is 23.8 Å². The van der Waals surface area contributed by atoms with Gasteiger partial charge in [-0.1, -0.05) is 36.0 Å². The third-order valence-corrected chi connectivity index (χ3v) is 5.37. The van der Waals surface area contributed by atoms with Gasteiger partial charge < -0.3 is 4.57 Å². The summed E-state index contributed by atoms with van der Waals surface area (Å²) in [6.07, 6.45) is 3.28. The summed E-state index contributed by atoms with van der Waals surface area (Å²) >= 11 is 1.56. The minimum absolute atomic E-state index is 0.399. The molecule has 0 saturated heterocycles. The zero-order valence-corrected chi connectivity index (χ0v) is 16.2. The van der Waals surface area contributed by atoms with Crippen LogP contribution in [0.15, 0.2) is 60.1 Å². The Bertz CT molecular complexity index is 1170. The van der Waals surface area contributed by atoms with E-state index in [9.17, 15) is 9.59 Å². The molecule has 0 radical (unpaired) electrons. The number of aromatic amines is 1. The molecule has 3 N–H and O–H groups in total. The third-order valence-electron chi connectivity index (χ3n) is 4.26. The number of carbonyl (C=O) groups is 2. The highest BCUT2D eigenvalue weighted by Gasteiger charge is 2.13. The smallest absolute Gasteiger partial charge is 0.271 e. The van der Waals surface area contributed by atoms with Gasteiger partial charge in [-0.25, -0.2) is 0 Å². The molecule has 9 nitrogen and oxygen atoms in total. The Labute approximate surface area is 169 Å². The maximum Gasteiger partial charge on any atom is 0.271 e. The first kappa shape index (κ1) is 18.7. The predicted molar refractivity (Wildman–Crippen MR) is 108 cm³/mol. The van der Waals surface area contributed by atoms with Crippen LogP contribution in [0.3, 0.4) is 0 Å². The largest absolute Gasteiger partial charge is 0.312 e. The number of H-pyrrole nitrogens is 1. The Morgan fingerprint density at radius 2 is 1.90 bits per heavy atom. The summed E-state index contributed by atoms with van der Waals surface area (Å²) in [5, 5.41) is 16.2. The molecule has 0 saturated carbocycles. The molecule has 0 fully saturated rings. The van der Waals surface area contributed by atoms with E-state index in [1.807, 2.05) is 29.8 Å². The number of hydrogen-bond acceptors (Lipinski definition) is 6. The van der Waals surface area contributed by atoms with Gasteiger partial charge in [-0.3, -0.25) is 25.5 Å². The Balaban J connectivity index is 1.34. The maximum atomic E-state index is 12.4. The van der Waals surface area contributed by atoms with E-state index in [4.69, 9.17) is 0 Å². The molecule has 10 heteroatoms. The molecular weight excluding hydrogens is 390 g/mol. The molecule has 0 bridgehead atoms. The number of hydrogen-bond donors (Lipinski definition) is 3. The number of rotatable bonds is 5. The van der Waals surface area contributed by atoms with Crippen molar-refractivity contribution in [1.82, 2.24) is 35.8 Å². The van der Waals surface area contributed by atoms with Gasteiger partial charge in [0.25, 0.3) is 11.8 Å². The lowest BCUT2D eigenvalue weighted by Gasteiger charge is -2.08. The number of benzene rings is 2. The van der Waals surface area contributed by atoms with E-state index >= 15 is 0 Å². The minimum Gasteiger partial charge on any atom is -0.312 e. The van der Waals surface area contributed by atoms with Crippen molar-refractivity contribution in [2.45, 2.75) is 10.9 Å². The molecule has 0 aliphatic rings. The van der Waals surface area contributed by atoms with E-state index in [-0.39, 0.29) is 0 Å². The van der Waals surface area contributed by atoms with Crippen molar-refractivity contribution < 1.29 is 9.59 Å². The van der Waals surface area contributed by atoms with E-state index in [1.165, 1.54) is 0 Å². The Hall–Kier alpha value is -3.66. The quantitative estimate of drug-likeness (QED) is 0.344. The molecule has 2 heterocycles. The molecule has 0 spiro atoms. The fourth-order valence-electron chi connectivity index (χ4n) is 2.71. The topological polar surface area (TPSA) is 118 Å². The van der Waals surface area contributed by atoms with Crippen LogP contribution in [-0.2, 0) is 12.8 Å². The van der Waals surface area contributed by atoms with Gasteiger partial charge >= 0.3 is 0 Å². The van der Waals surface area contributed by atoms with Crippen molar-refractivity contribution in [3.05, 3.63) is 71.7 Å². The lowest BCUT2D eigenvalue weighted by atomic mass is 10.1. The van der Waals surface area contributed by atoms with Crippen molar-refractivity contribution in [2.24, 2.45) is 7.05 Å². The average molecular weight is 407 g/mol. The maximum absolute atomic E-state index is 12.4. The SMILES string of the molecule is Cn1cnnc1SCc1ccc(C(=O)NNC(=O)c2cccc3cn[nH]c23)cc1. The van der Waals surface area contributed by atoms with E-state index in [0.29, 0.717) is 22.4 Å². The Morgan fingerprint density at radius 3 is 2.66 bits per heavy atom. The summed E-state index contributed by atoms with van der Waals surface area (Å²) in [5.41, 5.74) is 7.37.